The van der Waals surface area contributed by atoms with Crippen LogP contribution >= 0.6 is 0 Å². The summed E-state index contributed by atoms with van der Waals surface area (Å²) in [7, 11) is 0. The normalized spacial score (nSPS) is 23.8. The predicted molar refractivity (Wildman–Crippen MR) is 80.9 cm³/mol. The first-order chi connectivity index (χ1) is 9.25. The number of benzene rings is 1. The smallest absolute Gasteiger partial charge is 0.168 e. The second kappa shape index (κ2) is 5.30. The van der Waals surface area contributed by atoms with E-state index in [2.05, 4.69) is 0 Å². The van der Waals surface area contributed by atoms with Crippen molar-refractivity contribution in [2.45, 2.75) is 51.7 Å². The van der Waals surface area contributed by atoms with Gasteiger partial charge in [0.15, 0.2) is 5.78 Å². The van der Waals surface area contributed by atoms with Gasteiger partial charge in [0.25, 0.3) is 0 Å². The van der Waals surface area contributed by atoms with Gasteiger partial charge in [0.05, 0.1) is 17.1 Å². The van der Waals surface area contributed by atoms with Crippen molar-refractivity contribution in [2.24, 2.45) is 11.7 Å². The molecule has 2 N–H and O–H groups in total. The summed E-state index contributed by atoms with van der Waals surface area (Å²) < 4.78 is 6.02. The third-order valence-corrected chi connectivity index (χ3v) is 4.06. The highest BCUT2D eigenvalue weighted by molar-refractivity contribution is 5.98. The lowest BCUT2D eigenvalue weighted by Crippen LogP contribution is -2.33. The fraction of sp³-hybridized carbons (Fsp3) is 0.588. The highest BCUT2D eigenvalue weighted by Crippen LogP contribution is 2.43. The number of Topliss-reactive ketones (excluding diaryl/α,β-unsaturated/α-hetero) is 1. The van der Waals surface area contributed by atoms with Crippen molar-refractivity contribution in [1.29, 1.82) is 0 Å². The number of nitrogens with two attached hydrogens (primary N) is 1. The molecule has 3 nitrogen and oxygen atoms in total. The number of ketones is 1. The molecule has 2 rings (SSSR count). The Morgan fingerprint density at radius 2 is 1.85 bits per heavy atom. The molecule has 1 aromatic carbocycles. The molecule has 1 aromatic rings. The molecule has 1 fully saturated rings. The van der Waals surface area contributed by atoms with Crippen molar-refractivity contribution in [3.63, 3.8) is 0 Å². The quantitative estimate of drug-likeness (QED) is 0.859. The summed E-state index contributed by atoms with van der Waals surface area (Å²) in [5.41, 5.74) is 6.84. The molecule has 1 unspecified atom stereocenters. The van der Waals surface area contributed by atoms with Gasteiger partial charge in [-0.25, -0.2) is 0 Å². The molecule has 1 aliphatic heterocycles. The summed E-state index contributed by atoms with van der Waals surface area (Å²) in [6.45, 7) is 8.74. The summed E-state index contributed by atoms with van der Waals surface area (Å²) >= 11 is 0. The molecule has 0 aromatic heterocycles. The largest absolute Gasteiger partial charge is 0.369 e. The van der Waals surface area contributed by atoms with E-state index in [-0.39, 0.29) is 17.3 Å². The molecule has 0 aliphatic carbocycles. The maximum Gasteiger partial charge on any atom is 0.168 e. The van der Waals surface area contributed by atoms with E-state index in [1.54, 1.807) is 0 Å². The molecule has 110 valence electrons. The molecule has 1 heterocycles. The van der Waals surface area contributed by atoms with E-state index in [4.69, 9.17) is 10.5 Å². The first kappa shape index (κ1) is 15.2. The molecule has 0 radical (unpaired) electrons. The third-order valence-electron chi connectivity index (χ3n) is 4.06. The number of rotatable bonds is 4. The number of hydrogen-bond acceptors (Lipinski definition) is 3. The average Bonchev–Trinajstić information content (AvgIpc) is 2.58. The minimum Gasteiger partial charge on any atom is -0.369 e. The summed E-state index contributed by atoms with van der Waals surface area (Å²) in [4.78, 5) is 12.7. The predicted octanol–water partition coefficient (Wildman–Crippen LogP) is 2.96. The third kappa shape index (κ3) is 3.10. The molecule has 0 bridgehead atoms. The van der Waals surface area contributed by atoms with Crippen LogP contribution in [0.1, 0.15) is 50.0 Å². The zero-order valence-corrected chi connectivity index (χ0v) is 12.9. The van der Waals surface area contributed by atoms with Crippen molar-refractivity contribution >= 4 is 5.78 Å². The molecule has 3 heteroatoms. The minimum atomic E-state index is -0.406. The van der Waals surface area contributed by atoms with Gasteiger partial charge in [0.1, 0.15) is 0 Å². The van der Waals surface area contributed by atoms with E-state index in [1.165, 1.54) is 5.56 Å². The maximum absolute atomic E-state index is 12.7. The molecule has 20 heavy (non-hydrogen) atoms. The molecule has 1 aliphatic rings. The lowest BCUT2D eigenvalue weighted by Gasteiger charge is -2.26. The Bertz CT molecular complexity index is 488. The van der Waals surface area contributed by atoms with E-state index in [0.717, 1.165) is 18.4 Å². The first-order valence-electron chi connectivity index (χ1n) is 7.28. The van der Waals surface area contributed by atoms with Crippen LogP contribution in [0.25, 0.3) is 0 Å². The molecule has 0 amide bonds. The van der Waals surface area contributed by atoms with E-state index >= 15 is 0 Å². The second-order valence-electron chi connectivity index (χ2n) is 6.82. The van der Waals surface area contributed by atoms with E-state index in [9.17, 15) is 4.79 Å². The van der Waals surface area contributed by atoms with Gasteiger partial charge in [0, 0.05) is 5.56 Å². The standard InChI is InChI=1S/C17H25NO2/c1-16(2)11-14(17(3,4)20-16)15(19)13-7-5-12(6-8-13)9-10-18/h5-8,14H,9-11,18H2,1-4H3. The molecular formula is C17H25NO2. The Kier molecular flexibility index (Phi) is 4.03. The fourth-order valence-electron chi connectivity index (χ4n) is 3.17. The number of hydrogen-bond donors (Lipinski definition) is 1. The van der Waals surface area contributed by atoms with Gasteiger partial charge >= 0.3 is 0 Å². The van der Waals surface area contributed by atoms with Crippen LogP contribution in [-0.2, 0) is 11.2 Å². The summed E-state index contributed by atoms with van der Waals surface area (Å²) in [5.74, 6) is 0.0951. The van der Waals surface area contributed by atoms with Crippen LogP contribution in [0.15, 0.2) is 24.3 Å². The second-order valence-corrected chi connectivity index (χ2v) is 6.82. The highest BCUT2D eigenvalue weighted by Gasteiger charge is 2.49. The average molecular weight is 275 g/mol. The van der Waals surface area contributed by atoms with Crippen molar-refractivity contribution in [3.8, 4) is 0 Å². The lowest BCUT2D eigenvalue weighted by atomic mass is 9.81. The molecular weight excluding hydrogens is 250 g/mol. The topological polar surface area (TPSA) is 52.3 Å². The molecule has 1 atom stereocenters. The monoisotopic (exact) mass is 275 g/mol. The maximum atomic E-state index is 12.7. The van der Waals surface area contributed by atoms with Crippen LogP contribution in [0.5, 0.6) is 0 Å². The van der Waals surface area contributed by atoms with Gasteiger partial charge < -0.3 is 10.5 Å². The Labute approximate surface area is 121 Å². The summed E-state index contributed by atoms with van der Waals surface area (Å²) in [6.07, 6.45) is 1.61. The summed E-state index contributed by atoms with van der Waals surface area (Å²) in [5, 5.41) is 0. The molecule has 0 spiro atoms. The van der Waals surface area contributed by atoms with Gasteiger partial charge in [-0.1, -0.05) is 24.3 Å². The van der Waals surface area contributed by atoms with Gasteiger partial charge in [-0.15, -0.1) is 0 Å². The zero-order valence-electron chi connectivity index (χ0n) is 12.9. The van der Waals surface area contributed by atoms with E-state index in [1.807, 2.05) is 52.0 Å². The zero-order chi connectivity index (χ0) is 15.0. The van der Waals surface area contributed by atoms with Crippen molar-refractivity contribution in [2.75, 3.05) is 6.54 Å². The van der Waals surface area contributed by atoms with Gasteiger partial charge in [0.2, 0.25) is 0 Å². The van der Waals surface area contributed by atoms with Crippen molar-refractivity contribution < 1.29 is 9.53 Å². The molecule has 1 saturated heterocycles. The number of ether oxygens (including phenoxy) is 1. The molecule has 0 saturated carbocycles. The van der Waals surface area contributed by atoms with Crippen molar-refractivity contribution in [3.05, 3.63) is 35.4 Å². The lowest BCUT2D eigenvalue weighted by molar-refractivity contribution is -0.0712. The summed E-state index contributed by atoms with van der Waals surface area (Å²) in [6, 6.07) is 7.81. The number of carbonyl (C=O) groups excluding carboxylic acids is 1. The Morgan fingerprint density at radius 1 is 1.25 bits per heavy atom. The van der Waals surface area contributed by atoms with Crippen LogP contribution in [0.2, 0.25) is 0 Å². The van der Waals surface area contributed by atoms with Crippen LogP contribution in [0, 0.1) is 5.92 Å². The Hall–Kier alpha value is -1.19. The van der Waals surface area contributed by atoms with Crippen molar-refractivity contribution in [1.82, 2.24) is 0 Å². The van der Waals surface area contributed by atoms with E-state index in [0.29, 0.717) is 6.54 Å². The Morgan fingerprint density at radius 3 is 2.30 bits per heavy atom. The SMILES string of the molecule is CC1(C)CC(C(=O)c2ccc(CCN)cc2)C(C)(C)O1. The number of carbonyl (C=O) groups is 1. The van der Waals surface area contributed by atoms with Crippen LogP contribution < -0.4 is 5.73 Å². The van der Waals surface area contributed by atoms with Crippen LogP contribution in [0.3, 0.4) is 0 Å². The van der Waals surface area contributed by atoms with Gasteiger partial charge in [-0.3, -0.25) is 4.79 Å². The van der Waals surface area contributed by atoms with Crippen LogP contribution in [0.4, 0.5) is 0 Å². The van der Waals surface area contributed by atoms with Gasteiger partial charge in [-0.05, 0) is 52.6 Å². The minimum absolute atomic E-state index is 0.0853. The van der Waals surface area contributed by atoms with E-state index < -0.39 is 5.60 Å². The van der Waals surface area contributed by atoms with Gasteiger partial charge in [-0.2, -0.15) is 0 Å². The Balaban J connectivity index is 2.19. The van der Waals surface area contributed by atoms with Crippen LogP contribution in [-0.4, -0.2) is 23.5 Å². The first-order valence-corrected chi connectivity index (χ1v) is 7.28. The highest BCUT2D eigenvalue weighted by atomic mass is 16.5. The fourth-order valence-corrected chi connectivity index (χ4v) is 3.17.